The average molecular weight is 160 g/mol. The summed E-state index contributed by atoms with van der Waals surface area (Å²) < 4.78 is 0. The monoisotopic (exact) mass is 160 g/mol. The lowest BCUT2D eigenvalue weighted by atomic mass is 10.2. The summed E-state index contributed by atoms with van der Waals surface area (Å²) in [6.45, 7) is 5.05. The highest BCUT2D eigenvalue weighted by atomic mass is 16.3. The van der Waals surface area contributed by atoms with Gasteiger partial charge in [-0.1, -0.05) is 13.8 Å². The molecular weight excluding hydrogens is 144 g/mol. The van der Waals surface area contributed by atoms with Gasteiger partial charge in [0.05, 0.1) is 19.2 Å². The summed E-state index contributed by atoms with van der Waals surface area (Å²) in [5.74, 6) is -0.0414. The fourth-order valence-electron chi connectivity index (χ4n) is 0.800. The molecule has 1 amide bonds. The normalized spacial score (nSPS) is 23.2. The number of hydrogen-bond donors (Lipinski definition) is 3. The third-order valence-electron chi connectivity index (χ3n) is 1.26. The summed E-state index contributed by atoms with van der Waals surface area (Å²) in [6.07, 6.45) is 0. The van der Waals surface area contributed by atoms with Crippen LogP contribution in [0.15, 0.2) is 0 Å². The highest BCUT2D eigenvalue weighted by Crippen LogP contribution is 1.84. The molecule has 1 saturated heterocycles. The molecule has 0 saturated carbocycles. The van der Waals surface area contributed by atoms with Crippen LogP contribution in [0.5, 0.6) is 0 Å². The van der Waals surface area contributed by atoms with Gasteiger partial charge in [-0.2, -0.15) is 0 Å². The van der Waals surface area contributed by atoms with E-state index in [1.54, 1.807) is 0 Å². The molecule has 4 heteroatoms. The standard InChI is InChI=1S/C5H10N2O2.C2H6/c8-3-4-1-6-2-5(9)7-4;1-2/h4,6,8H,1-3H2,(H,7,9);1-2H3. The molecule has 1 atom stereocenters. The Balaban J connectivity index is 0.000000461. The number of carbonyl (C=O) groups excluding carboxylic acids is 1. The molecule has 1 unspecified atom stereocenters. The molecule has 0 aliphatic carbocycles. The number of piperazine rings is 1. The van der Waals surface area contributed by atoms with Gasteiger partial charge in [-0.25, -0.2) is 0 Å². The van der Waals surface area contributed by atoms with E-state index < -0.39 is 0 Å². The van der Waals surface area contributed by atoms with E-state index in [9.17, 15) is 4.79 Å². The number of rotatable bonds is 1. The van der Waals surface area contributed by atoms with Crippen LogP contribution in [0.3, 0.4) is 0 Å². The fraction of sp³-hybridized carbons (Fsp3) is 0.857. The maximum Gasteiger partial charge on any atom is 0.234 e. The Bertz CT molecular complexity index is 117. The first-order valence-corrected chi connectivity index (χ1v) is 3.94. The van der Waals surface area contributed by atoms with Gasteiger partial charge < -0.3 is 15.7 Å². The van der Waals surface area contributed by atoms with Gasteiger partial charge in [-0.15, -0.1) is 0 Å². The van der Waals surface area contributed by atoms with Crippen molar-refractivity contribution in [2.75, 3.05) is 19.7 Å². The van der Waals surface area contributed by atoms with Crippen LogP contribution in [-0.4, -0.2) is 36.8 Å². The van der Waals surface area contributed by atoms with Gasteiger partial charge in [0.1, 0.15) is 0 Å². The molecule has 1 heterocycles. The molecule has 66 valence electrons. The van der Waals surface area contributed by atoms with Crippen LogP contribution in [0.25, 0.3) is 0 Å². The molecule has 11 heavy (non-hydrogen) atoms. The highest BCUT2D eigenvalue weighted by molar-refractivity contribution is 5.79. The van der Waals surface area contributed by atoms with Gasteiger partial charge in [0, 0.05) is 6.54 Å². The van der Waals surface area contributed by atoms with Crippen molar-refractivity contribution in [3.05, 3.63) is 0 Å². The SMILES string of the molecule is CC.O=C1CNCC(CO)N1. The van der Waals surface area contributed by atoms with Crippen LogP contribution < -0.4 is 10.6 Å². The summed E-state index contributed by atoms with van der Waals surface area (Å²) >= 11 is 0. The smallest absolute Gasteiger partial charge is 0.234 e. The predicted octanol–water partition coefficient (Wildman–Crippen LogP) is -0.907. The van der Waals surface area contributed by atoms with Gasteiger partial charge in [0.25, 0.3) is 0 Å². The lowest BCUT2D eigenvalue weighted by Crippen LogP contribution is -2.53. The molecule has 1 aliphatic heterocycles. The molecule has 0 aromatic rings. The van der Waals surface area contributed by atoms with E-state index in [0.717, 1.165) is 0 Å². The van der Waals surface area contributed by atoms with E-state index >= 15 is 0 Å². The zero-order valence-electron chi connectivity index (χ0n) is 7.05. The van der Waals surface area contributed by atoms with Gasteiger partial charge in [0.15, 0.2) is 0 Å². The zero-order valence-corrected chi connectivity index (χ0v) is 7.05. The first-order chi connectivity index (χ1) is 5.33. The predicted molar refractivity (Wildman–Crippen MR) is 43.2 cm³/mol. The third kappa shape index (κ3) is 3.95. The number of aliphatic hydroxyl groups is 1. The van der Waals surface area contributed by atoms with Crippen molar-refractivity contribution >= 4 is 5.91 Å². The minimum absolute atomic E-state index is 0.0126. The maximum absolute atomic E-state index is 10.5. The second kappa shape index (κ2) is 6.12. The van der Waals surface area contributed by atoms with Crippen molar-refractivity contribution in [3.63, 3.8) is 0 Å². The van der Waals surface area contributed by atoms with Crippen molar-refractivity contribution in [3.8, 4) is 0 Å². The van der Waals surface area contributed by atoms with Gasteiger partial charge in [-0.05, 0) is 0 Å². The summed E-state index contributed by atoms with van der Waals surface area (Å²) in [5, 5.41) is 14.0. The molecular formula is C7H16N2O2. The van der Waals surface area contributed by atoms with Crippen molar-refractivity contribution in [1.29, 1.82) is 0 Å². The van der Waals surface area contributed by atoms with Crippen molar-refractivity contribution in [1.82, 2.24) is 10.6 Å². The number of nitrogens with one attached hydrogen (secondary N) is 2. The number of carbonyl (C=O) groups is 1. The highest BCUT2D eigenvalue weighted by Gasteiger charge is 2.15. The average Bonchev–Trinajstić information content (AvgIpc) is 2.08. The fourth-order valence-corrected chi connectivity index (χ4v) is 0.800. The third-order valence-corrected chi connectivity index (χ3v) is 1.26. The molecule has 0 aromatic carbocycles. The van der Waals surface area contributed by atoms with Gasteiger partial charge in [0.2, 0.25) is 5.91 Å². The zero-order chi connectivity index (χ0) is 8.69. The second-order valence-corrected chi connectivity index (χ2v) is 2.08. The Labute approximate surface area is 67.0 Å². The first-order valence-electron chi connectivity index (χ1n) is 3.94. The molecule has 3 N–H and O–H groups in total. The van der Waals surface area contributed by atoms with E-state index in [1.165, 1.54) is 0 Å². The molecule has 0 spiro atoms. The Morgan fingerprint density at radius 1 is 1.64 bits per heavy atom. The van der Waals surface area contributed by atoms with Crippen LogP contribution in [0, 0.1) is 0 Å². The van der Waals surface area contributed by atoms with Crippen LogP contribution >= 0.6 is 0 Å². The molecule has 1 rings (SSSR count). The van der Waals surface area contributed by atoms with E-state index in [2.05, 4.69) is 10.6 Å². The van der Waals surface area contributed by atoms with E-state index in [0.29, 0.717) is 13.1 Å². The Kier molecular flexibility index (Phi) is 5.78. The summed E-state index contributed by atoms with van der Waals surface area (Å²) in [6, 6.07) is -0.0914. The second-order valence-electron chi connectivity index (χ2n) is 2.08. The van der Waals surface area contributed by atoms with Crippen molar-refractivity contribution in [2.45, 2.75) is 19.9 Å². The van der Waals surface area contributed by atoms with Crippen LogP contribution in [0.4, 0.5) is 0 Å². The molecule has 1 fully saturated rings. The molecule has 1 aliphatic rings. The Morgan fingerprint density at radius 3 is 2.64 bits per heavy atom. The molecule has 0 bridgehead atoms. The van der Waals surface area contributed by atoms with Crippen LogP contribution in [0.1, 0.15) is 13.8 Å². The van der Waals surface area contributed by atoms with Crippen molar-refractivity contribution in [2.24, 2.45) is 0 Å². The van der Waals surface area contributed by atoms with Crippen molar-refractivity contribution < 1.29 is 9.90 Å². The summed E-state index contributed by atoms with van der Waals surface area (Å²) in [7, 11) is 0. The van der Waals surface area contributed by atoms with E-state index in [-0.39, 0.29) is 18.6 Å². The Morgan fingerprint density at radius 2 is 2.27 bits per heavy atom. The quantitative estimate of drug-likeness (QED) is 0.465. The number of amides is 1. The van der Waals surface area contributed by atoms with Crippen LogP contribution in [0.2, 0.25) is 0 Å². The lowest BCUT2D eigenvalue weighted by Gasteiger charge is -2.21. The summed E-state index contributed by atoms with van der Waals surface area (Å²) in [5.41, 5.74) is 0. The molecule has 0 radical (unpaired) electrons. The van der Waals surface area contributed by atoms with Gasteiger partial charge in [-0.3, -0.25) is 4.79 Å². The largest absolute Gasteiger partial charge is 0.394 e. The number of hydrogen-bond acceptors (Lipinski definition) is 3. The lowest BCUT2D eigenvalue weighted by molar-refractivity contribution is -0.122. The summed E-state index contributed by atoms with van der Waals surface area (Å²) in [4.78, 5) is 10.5. The minimum atomic E-state index is -0.0914. The maximum atomic E-state index is 10.5. The topological polar surface area (TPSA) is 61.4 Å². The van der Waals surface area contributed by atoms with Gasteiger partial charge >= 0.3 is 0 Å². The minimum Gasteiger partial charge on any atom is -0.394 e. The van der Waals surface area contributed by atoms with E-state index in [4.69, 9.17) is 5.11 Å². The first kappa shape index (κ1) is 10.4. The molecule has 0 aromatic heterocycles. The molecule has 4 nitrogen and oxygen atoms in total. The van der Waals surface area contributed by atoms with E-state index in [1.807, 2.05) is 13.8 Å². The van der Waals surface area contributed by atoms with Crippen LogP contribution in [-0.2, 0) is 4.79 Å². The Hall–Kier alpha value is -0.610. The number of aliphatic hydroxyl groups excluding tert-OH is 1.